The van der Waals surface area contributed by atoms with Crippen LogP contribution in [0.5, 0.6) is 11.5 Å². The Kier molecular flexibility index (Phi) is 6.06. The molecule has 138 valence electrons. The molecule has 5 nitrogen and oxygen atoms in total. The van der Waals surface area contributed by atoms with Crippen LogP contribution in [0.1, 0.15) is 5.56 Å². The van der Waals surface area contributed by atoms with Gasteiger partial charge in [0, 0.05) is 17.6 Å². The third-order valence-electron chi connectivity index (χ3n) is 3.97. The van der Waals surface area contributed by atoms with Crippen LogP contribution in [0.3, 0.4) is 0 Å². The molecule has 0 aromatic heterocycles. The Labute approximate surface area is 163 Å². The predicted molar refractivity (Wildman–Crippen MR) is 110 cm³/mol. The van der Waals surface area contributed by atoms with Gasteiger partial charge in [0.1, 0.15) is 23.1 Å². The second-order valence-corrected chi connectivity index (χ2v) is 6.02. The fourth-order valence-corrected chi connectivity index (χ4v) is 2.45. The number of carbonyl (C=O) groups is 1. The maximum Gasteiger partial charge on any atom is 0.267 e. The summed E-state index contributed by atoms with van der Waals surface area (Å²) in [6, 6.07) is 26.0. The van der Waals surface area contributed by atoms with Crippen LogP contribution >= 0.6 is 0 Å². The maximum absolute atomic E-state index is 12.3. The number of benzene rings is 3. The first kappa shape index (κ1) is 18.7. The molecule has 3 aromatic rings. The second kappa shape index (κ2) is 9.06. The number of nitrogens with one attached hydrogen (secondary N) is 2. The van der Waals surface area contributed by atoms with Crippen molar-refractivity contribution in [3.05, 3.63) is 96.2 Å². The minimum absolute atomic E-state index is 0.0205. The van der Waals surface area contributed by atoms with Crippen LogP contribution in [-0.2, 0) is 4.79 Å². The average Bonchev–Trinajstić information content (AvgIpc) is 2.72. The zero-order chi connectivity index (χ0) is 19.8. The van der Waals surface area contributed by atoms with Gasteiger partial charge >= 0.3 is 0 Å². The SMILES string of the molecule is Cc1ccccc1NC(=O)/C(C#N)=C\Nc1ccc(Oc2ccccc2)cc1. The first-order valence-corrected chi connectivity index (χ1v) is 8.72. The van der Waals surface area contributed by atoms with Gasteiger partial charge in [-0.25, -0.2) is 0 Å². The minimum atomic E-state index is -0.465. The molecule has 0 spiro atoms. The summed E-state index contributed by atoms with van der Waals surface area (Å²) >= 11 is 0. The Bertz CT molecular complexity index is 1020. The summed E-state index contributed by atoms with van der Waals surface area (Å²) in [4.78, 5) is 12.3. The third-order valence-corrected chi connectivity index (χ3v) is 3.97. The number of carbonyl (C=O) groups excluding carboxylic acids is 1. The van der Waals surface area contributed by atoms with E-state index in [0.29, 0.717) is 11.4 Å². The van der Waals surface area contributed by atoms with Gasteiger partial charge < -0.3 is 15.4 Å². The van der Waals surface area contributed by atoms with Gasteiger partial charge in [-0.2, -0.15) is 5.26 Å². The number of hydrogen-bond acceptors (Lipinski definition) is 4. The number of ether oxygens (including phenoxy) is 1. The number of rotatable bonds is 6. The summed E-state index contributed by atoms with van der Waals surface area (Å²) in [5.41, 5.74) is 2.32. The highest BCUT2D eigenvalue weighted by atomic mass is 16.5. The lowest BCUT2D eigenvalue weighted by molar-refractivity contribution is -0.112. The van der Waals surface area contributed by atoms with Crippen LogP contribution in [-0.4, -0.2) is 5.91 Å². The van der Waals surface area contributed by atoms with Crippen molar-refractivity contribution in [3.8, 4) is 17.6 Å². The van der Waals surface area contributed by atoms with Crippen molar-refractivity contribution in [1.29, 1.82) is 5.26 Å². The van der Waals surface area contributed by atoms with Crippen molar-refractivity contribution < 1.29 is 9.53 Å². The van der Waals surface area contributed by atoms with Crippen molar-refractivity contribution >= 4 is 17.3 Å². The molecule has 0 aliphatic heterocycles. The standard InChI is InChI=1S/C23H19N3O2/c1-17-7-5-6-10-22(17)26-23(27)18(15-24)16-25-19-11-13-21(14-12-19)28-20-8-3-2-4-9-20/h2-14,16,25H,1H3,(H,26,27)/b18-16-. The summed E-state index contributed by atoms with van der Waals surface area (Å²) < 4.78 is 5.74. The number of amides is 1. The Morgan fingerprint density at radius 3 is 2.25 bits per heavy atom. The van der Waals surface area contributed by atoms with Gasteiger partial charge in [-0.1, -0.05) is 36.4 Å². The Hall–Kier alpha value is -4.04. The van der Waals surface area contributed by atoms with E-state index in [1.165, 1.54) is 6.20 Å². The number of nitrogens with zero attached hydrogens (tertiary/aromatic N) is 1. The maximum atomic E-state index is 12.3. The van der Waals surface area contributed by atoms with Crippen molar-refractivity contribution in [2.75, 3.05) is 10.6 Å². The molecule has 0 saturated heterocycles. The molecule has 3 rings (SSSR count). The van der Waals surface area contributed by atoms with E-state index in [1.807, 2.05) is 85.8 Å². The fraction of sp³-hybridized carbons (Fsp3) is 0.0435. The van der Waals surface area contributed by atoms with Crippen molar-refractivity contribution in [3.63, 3.8) is 0 Å². The molecule has 0 atom stereocenters. The number of para-hydroxylation sites is 2. The van der Waals surface area contributed by atoms with Gasteiger partial charge in [-0.15, -0.1) is 0 Å². The summed E-state index contributed by atoms with van der Waals surface area (Å²) in [5, 5.41) is 15.0. The van der Waals surface area contributed by atoms with Crippen molar-refractivity contribution in [1.82, 2.24) is 0 Å². The summed E-state index contributed by atoms with van der Waals surface area (Å²) in [7, 11) is 0. The highest BCUT2D eigenvalue weighted by molar-refractivity contribution is 6.07. The lowest BCUT2D eigenvalue weighted by Crippen LogP contribution is -2.15. The van der Waals surface area contributed by atoms with Gasteiger partial charge in [0.25, 0.3) is 5.91 Å². The summed E-state index contributed by atoms with van der Waals surface area (Å²) in [6.45, 7) is 1.89. The first-order chi connectivity index (χ1) is 13.7. The second-order valence-electron chi connectivity index (χ2n) is 6.02. The summed E-state index contributed by atoms with van der Waals surface area (Å²) in [5.74, 6) is 0.981. The molecule has 0 saturated carbocycles. The highest BCUT2D eigenvalue weighted by Crippen LogP contribution is 2.22. The van der Waals surface area contributed by atoms with Crippen molar-refractivity contribution in [2.45, 2.75) is 6.92 Å². The molecule has 0 aliphatic carbocycles. The van der Waals surface area contributed by atoms with Gasteiger partial charge in [0.15, 0.2) is 0 Å². The highest BCUT2D eigenvalue weighted by Gasteiger charge is 2.10. The molecule has 1 amide bonds. The van der Waals surface area contributed by atoms with E-state index in [1.54, 1.807) is 6.07 Å². The van der Waals surface area contributed by atoms with E-state index in [4.69, 9.17) is 4.74 Å². The normalized spacial score (nSPS) is 10.6. The lowest BCUT2D eigenvalue weighted by Gasteiger charge is -2.08. The van der Waals surface area contributed by atoms with Crippen LogP contribution in [0.25, 0.3) is 0 Å². The fourth-order valence-electron chi connectivity index (χ4n) is 2.45. The van der Waals surface area contributed by atoms with E-state index in [2.05, 4.69) is 10.6 Å². The third kappa shape index (κ3) is 4.99. The minimum Gasteiger partial charge on any atom is -0.457 e. The van der Waals surface area contributed by atoms with E-state index < -0.39 is 5.91 Å². The number of nitriles is 1. The van der Waals surface area contributed by atoms with E-state index in [-0.39, 0.29) is 5.57 Å². The van der Waals surface area contributed by atoms with Crippen LogP contribution in [0.4, 0.5) is 11.4 Å². The number of aryl methyl sites for hydroxylation is 1. The average molecular weight is 369 g/mol. The number of anilines is 2. The lowest BCUT2D eigenvalue weighted by atomic mass is 10.2. The van der Waals surface area contributed by atoms with E-state index in [0.717, 1.165) is 17.0 Å². The summed E-state index contributed by atoms with van der Waals surface area (Å²) in [6.07, 6.45) is 1.39. The molecule has 3 aromatic carbocycles. The molecular formula is C23H19N3O2. The monoisotopic (exact) mass is 369 g/mol. The molecule has 2 N–H and O–H groups in total. The topological polar surface area (TPSA) is 74.2 Å². The largest absolute Gasteiger partial charge is 0.457 e. The number of hydrogen-bond donors (Lipinski definition) is 2. The molecule has 28 heavy (non-hydrogen) atoms. The molecule has 5 heteroatoms. The molecule has 0 unspecified atom stereocenters. The molecule has 0 bridgehead atoms. The molecule has 0 fully saturated rings. The molecular weight excluding hydrogens is 350 g/mol. The molecule has 0 radical (unpaired) electrons. The van der Waals surface area contributed by atoms with Crippen LogP contribution in [0, 0.1) is 18.3 Å². The van der Waals surface area contributed by atoms with Gasteiger partial charge in [0.05, 0.1) is 0 Å². The van der Waals surface area contributed by atoms with Crippen LogP contribution in [0.15, 0.2) is 90.6 Å². The Balaban J connectivity index is 1.63. The Morgan fingerprint density at radius 1 is 0.929 bits per heavy atom. The smallest absolute Gasteiger partial charge is 0.267 e. The van der Waals surface area contributed by atoms with Crippen LogP contribution in [0.2, 0.25) is 0 Å². The predicted octanol–water partition coefficient (Wildman–Crippen LogP) is 5.25. The quantitative estimate of drug-likeness (QED) is 0.460. The Morgan fingerprint density at radius 2 is 1.57 bits per heavy atom. The van der Waals surface area contributed by atoms with Crippen molar-refractivity contribution in [2.24, 2.45) is 0 Å². The van der Waals surface area contributed by atoms with E-state index in [9.17, 15) is 10.1 Å². The zero-order valence-electron chi connectivity index (χ0n) is 15.3. The molecule has 0 aliphatic rings. The van der Waals surface area contributed by atoms with Gasteiger partial charge in [0.2, 0.25) is 0 Å². The van der Waals surface area contributed by atoms with Gasteiger partial charge in [-0.3, -0.25) is 4.79 Å². The molecule has 0 heterocycles. The van der Waals surface area contributed by atoms with Gasteiger partial charge in [-0.05, 0) is 55.0 Å². The first-order valence-electron chi connectivity index (χ1n) is 8.72. The zero-order valence-corrected chi connectivity index (χ0v) is 15.3. The van der Waals surface area contributed by atoms with E-state index >= 15 is 0 Å². The van der Waals surface area contributed by atoms with Crippen LogP contribution < -0.4 is 15.4 Å².